The van der Waals surface area contributed by atoms with E-state index in [0.29, 0.717) is 21.8 Å². The fourth-order valence-electron chi connectivity index (χ4n) is 3.03. The fraction of sp³-hybridized carbons (Fsp3) is 0.0870. The highest BCUT2D eigenvalue weighted by Gasteiger charge is 2.19. The zero-order valence-electron chi connectivity index (χ0n) is 18.4. The second kappa shape index (κ2) is 12.4. The number of carbonyl (C=O) groups excluding carboxylic acids is 4. The van der Waals surface area contributed by atoms with Gasteiger partial charge in [0, 0.05) is 29.4 Å². The number of hydrogen-bond acceptors (Lipinski definition) is 12. The minimum Gasteiger partial charge on any atom is -0.467 e. The normalized spacial score (nSPS) is 10.3. The smallest absolute Gasteiger partial charge is 0.298 e. The largest absolute Gasteiger partial charge is 0.467 e. The van der Waals surface area contributed by atoms with Crippen LogP contribution in [0, 0.1) is 11.3 Å². The first-order chi connectivity index (χ1) is 17.5. The number of carbonyl (C=O) groups is 4. The summed E-state index contributed by atoms with van der Waals surface area (Å²) in [6.45, 7) is 0.618. The van der Waals surface area contributed by atoms with Gasteiger partial charge in [0.1, 0.15) is 27.6 Å². The van der Waals surface area contributed by atoms with Crippen molar-refractivity contribution in [2.45, 2.75) is 6.42 Å². The minimum atomic E-state index is -0.370. The molecule has 1 heterocycles. The van der Waals surface area contributed by atoms with Crippen molar-refractivity contribution in [3.05, 3.63) is 48.0 Å². The molecular formula is C23H17N5O7S. The predicted octanol–water partition coefficient (Wildman–Crippen LogP) is 3.86. The molecule has 1 amide bonds. The monoisotopic (exact) mass is 507 g/mol. The summed E-state index contributed by atoms with van der Waals surface area (Å²) < 4.78 is 14.1. The number of nitrogens with zero attached hydrogens (tertiary/aromatic N) is 3. The van der Waals surface area contributed by atoms with Gasteiger partial charge in [-0.25, -0.2) is 0 Å². The van der Waals surface area contributed by atoms with E-state index in [-0.39, 0.29) is 66.1 Å². The molecule has 0 spiro atoms. The molecule has 0 unspecified atom stereocenters. The van der Waals surface area contributed by atoms with E-state index in [1.165, 1.54) is 18.2 Å². The highest BCUT2D eigenvalue weighted by atomic mass is 32.1. The molecule has 0 aliphatic carbocycles. The molecule has 0 aliphatic rings. The van der Waals surface area contributed by atoms with Gasteiger partial charge in [-0.2, -0.15) is 5.26 Å². The van der Waals surface area contributed by atoms with Crippen molar-refractivity contribution in [1.29, 1.82) is 5.26 Å². The Morgan fingerprint density at radius 3 is 2.42 bits per heavy atom. The Hall–Kier alpha value is -5.09. The molecule has 36 heavy (non-hydrogen) atoms. The van der Waals surface area contributed by atoms with Gasteiger partial charge in [-0.3, -0.25) is 19.2 Å². The van der Waals surface area contributed by atoms with Gasteiger partial charge in [0.2, 0.25) is 5.91 Å². The van der Waals surface area contributed by atoms with Crippen molar-refractivity contribution >= 4 is 58.0 Å². The molecular weight excluding hydrogens is 490 g/mol. The molecule has 0 bridgehead atoms. The summed E-state index contributed by atoms with van der Waals surface area (Å²) in [4.78, 5) is 43.7. The lowest BCUT2D eigenvalue weighted by atomic mass is 10.0. The number of nitrogens with two attached hydrogens (primary N) is 1. The molecule has 182 valence electrons. The molecule has 0 fully saturated rings. The van der Waals surface area contributed by atoms with Crippen molar-refractivity contribution < 1.29 is 33.4 Å². The molecule has 0 saturated carbocycles. The van der Waals surface area contributed by atoms with Crippen molar-refractivity contribution in [3.63, 3.8) is 0 Å². The first-order valence-electron chi connectivity index (χ1n) is 10.0. The summed E-state index contributed by atoms with van der Waals surface area (Å²) in [6.07, 6.45) is -0.0278. The van der Waals surface area contributed by atoms with Gasteiger partial charge in [-0.05, 0) is 17.7 Å². The van der Waals surface area contributed by atoms with Crippen LogP contribution < -0.4 is 20.5 Å². The highest BCUT2D eigenvalue weighted by molar-refractivity contribution is 7.20. The number of nitriles is 1. The van der Waals surface area contributed by atoms with E-state index in [4.69, 9.17) is 15.2 Å². The Labute approximate surface area is 207 Å². The van der Waals surface area contributed by atoms with Crippen LogP contribution in [-0.2, 0) is 23.9 Å². The maximum atomic E-state index is 12.1. The van der Waals surface area contributed by atoms with Crippen LogP contribution in [0.2, 0.25) is 0 Å². The van der Waals surface area contributed by atoms with E-state index in [1.807, 2.05) is 0 Å². The molecule has 12 nitrogen and oxygen atoms in total. The van der Waals surface area contributed by atoms with Crippen molar-refractivity contribution in [3.8, 4) is 28.7 Å². The third kappa shape index (κ3) is 6.49. The molecule has 1 aromatic heterocycles. The number of nitrogen functional groups attached to an aromatic ring is 1. The predicted molar refractivity (Wildman–Crippen MR) is 128 cm³/mol. The van der Waals surface area contributed by atoms with Crippen molar-refractivity contribution in [1.82, 2.24) is 0 Å². The number of azo groups is 1. The van der Waals surface area contributed by atoms with Crippen LogP contribution in [0.1, 0.15) is 12.0 Å². The van der Waals surface area contributed by atoms with E-state index in [2.05, 4.69) is 26.4 Å². The standard InChI is InChI=1S/C23H17N5O7S/c24-10-19-21(14-2-1-3-15(6-14)26-20(32)4-5-33-11-29)23(36-22(19)25)28-27-16-7-17(34-12-30)9-18(8-16)35-13-31/h1-3,6-9,11-13H,4-5,25H2,(H,26,32). The van der Waals surface area contributed by atoms with Gasteiger partial charge in [0.15, 0.2) is 0 Å². The van der Waals surface area contributed by atoms with Gasteiger partial charge < -0.3 is 25.3 Å². The van der Waals surface area contributed by atoms with Crippen LogP contribution in [0.15, 0.2) is 52.7 Å². The lowest BCUT2D eigenvalue weighted by Crippen LogP contribution is -2.13. The molecule has 13 heteroatoms. The molecule has 2 aromatic carbocycles. The SMILES string of the molecule is N#Cc1c(N)sc(N=Nc2cc(OC=O)cc(OC=O)c2)c1-c1cccc(NC(=O)CCOC=O)c1. The van der Waals surface area contributed by atoms with Crippen LogP contribution >= 0.6 is 11.3 Å². The zero-order valence-corrected chi connectivity index (χ0v) is 19.2. The molecule has 0 saturated heterocycles. The summed E-state index contributed by atoms with van der Waals surface area (Å²) in [5.74, 6) is -0.224. The van der Waals surface area contributed by atoms with E-state index in [1.54, 1.807) is 24.3 Å². The van der Waals surface area contributed by atoms with Gasteiger partial charge in [-0.15, -0.1) is 10.2 Å². The summed E-state index contributed by atoms with van der Waals surface area (Å²) >= 11 is 1.02. The average Bonchev–Trinajstić information content (AvgIpc) is 3.18. The lowest BCUT2D eigenvalue weighted by Gasteiger charge is -2.08. The molecule has 0 aliphatic heterocycles. The number of nitrogens with one attached hydrogen (secondary N) is 1. The van der Waals surface area contributed by atoms with Crippen LogP contribution in [0.25, 0.3) is 11.1 Å². The van der Waals surface area contributed by atoms with Crippen LogP contribution in [0.3, 0.4) is 0 Å². The Bertz CT molecular complexity index is 1340. The van der Waals surface area contributed by atoms with Crippen LogP contribution in [0.4, 0.5) is 21.4 Å². The fourth-order valence-corrected chi connectivity index (χ4v) is 3.89. The van der Waals surface area contributed by atoms with Gasteiger partial charge in [0.05, 0.1) is 24.3 Å². The number of hydrogen-bond donors (Lipinski definition) is 2. The number of benzene rings is 2. The molecule has 3 rings (SSSR count). The topological polar surface area (TPSA) is 183 Å². The molecule has 3 N–H and O–H groups in total. The van der Waals surface area contributed by atoms with Crippen molar-refractivity contribution in [2.24, 2.45) is 10.2 Å². The first kappa shape index (κ1) is 25.5. The van der Waals surface area contributed by atoms with E-state index >= 15 is 0 Å². The number of anilines is 2. The maximum Gasteiger partial charge on any atom is 0.298 e. The number of amides is 1. The van der Waals surface area contributed by atoms with Gasteiger partial charge in [-0.1, -0.05) is 23.5 Å². The van der Waals surface area contributed by atoms with E-state index in [0.717, 1.165) is 11.3 Å². The molecule has 0 atom stereocenters. The van der Waals surface area contributed by atoms with E-state index in [9.17, 15) is 24.4 Å². The number of thiophene rings is 1. The second-order valence-corrected chi connectivity index (χ2v) is 7.80. The molecule has 0 radical (unpaired) electrons. The summed E-state index contributed by atoms with van der Waals surface area (Å²) in [5, 5.41) is 21.2. The minimum absolute atomic E-state index is 0.0278. The average molecular weight is 507 g/mol. The maximum absolute atomic E-state index is 12.1. The third-order valence-electron chi connectivity index (χ3n) is 4.47. The third-order valence-corrected chi connectivity index (χ3v) is 5.37. The summed E-state index contributed by atoms with van der Waals surface area (Å²) in [5.41, 5.74) is 7.79. The van der Waals surface area contributed by atoms with Gasteiger partial charge in [0.25, 0.3) is 19.4 Å². The zero-order chi connectivity index (χ0) is 25.9. The number of rotatable bonds is 12. The lowest BCUT2D eigenvalue weighted by molar-refractivity contribution is -0.130. The van der Waals surface area contributed by atoms with Gasteiger partial charge >= 0.3 is 0 Å². The Morgan fingerprint density at radius 1 is 1.06 bits per heavy atom. The Balaban J connectivity index is 1.96. The summed E-state index contributed by atoms with van der Waals surface area (Å²) in [7, 11) is 0. The highest BCUT2D eigenvalue weighted by Crippen LogP contribution is 2.45. The molecule has 3 aromatic rings. The second-order valence-electron chi connectivity index (χ2n) is 6.77. The Morgan fingerprint density at radius 2 is 1.78 bits per heavy atom. The van der Waals surface area contributed by atoms with Crippen LogP contribution in [0.5, 0.6) is 11.5 Å². The quantitative estimate of drug-likeness (QED) is 0.209. The summed E-state index contributed by atoms with van der Waals surface area (Å²) in [6, 6.07) is 12.8. The van der Waals surface area contributed by atoms with Crippen molar-refractivity contribution in [2.75, 3.05) is 17.7 Å². The van der Waals surface area contributed by atoms with E-state index < -0.39 is 0 Å². The number of ether oxygens (including phenoxy) is 3. The van der Waals surface area contributed by atoms with Crippen LogP contribution in [-0.4, -0.2) is 31.9 Å². The Kier molecular flexibility index (Phi) is 8.79. The first-order valence-corrected chi connectivity index (χ1v) is 10.9.